The van der Waals surface area contributed by atoms with Crippen molar-refractivity contribution in [3.63, 3.8) is 0 Å². The summed E-state index contributed by atoms with van der Waals surface area (Å²) in [6.07, 6.45) is 4.92. The molecule has 0 aliphatic carbocycles. The van der Waals surface area contributed by atoms with Gasteiger partial charge in [-0.2, -0.15) is 0 Å². The Morgan fingerprint density at radius 1 is 1.33 bits per heavy atom. The quantitative estimate of drug-likeness (QED) is 0.792. The lowest BCUT2D eigenvalue weighted by Crippen LogP contribution is -2.49. The molecule has 0 aromatic carbocycles. The molecule has 2 N–H and O–H groups in total. The molecule has 1 rings (SSSR count). The van der Waals surface area contributed by atoms with Crippen LogP contribution in [0.25, 0.3) is 0 Å². The number of rotatable bonds is 5. The fraction of sp³-hybridized carbons (Fsp3) is 1.00. The van der Waals surface area contributed by atoms with E-state index in [2.05, 4.69) is 37.9 Å². The van der Waals surface area contributed by atoms with Gasteiger partial charge in [0.05, 0.1) is 6.61 Å². The molecule has 0 aromatic heterocycles. The van der Waals surface area contributed by atoms with Crippen LogP contribution in [0.1, 0.15) is 53.4 Å². The Bertz CT molecular complexity index is 249. The first kappa shape index (κ1) is 15.9. The SMILES string of the molecule is CNC(C)(CO)CC(C)N1CCCC(C)(C)CC1. The summed E-state index contributed by atoms with van der Waals surface area (Å²) in [6, 6.07) is 0.531. The number of hydrogen-bond donors (Lipinski definition) is 2. The fourth-order valence-corrected chi connectivity index (χ4v) is 2.91. The largest absolute Gasteiger partial charge is 0.394 e. The molecule has 2 unspecified atom stereocenters. The van der Waals surface area contributed by atoms with E-state index >= 15 is 0 Å². The minimum absolute atomic E-state index is 0.152. The minimum Gasteiger partial charge on any atom is -0.394 e. The van der Waals surface area contributed by atoms with Crippen molar-refractivity contribution in [1.29, 1.82) is 0 Å². The topological polar surface area (TPSA) is 35.5 Å². The van der Waals surface area contributed by atoms with E-state index in [9.17, 15) is 5.11 Å². The van der Waals surface area contributed by atoms with Crippen LogP contribution in [0.4, 0.5) is 0 Å². The molecule has 0 bridgehead atoms. The van der Waals surface area contributed by atoms with Crippen molar-refractivity contribution in [2.45, 2.75) is 65.0 Å². The first-order valence-corrected chi connectivity index (χ1v) is 7.36. The first-order valence-electron chi connectivity index (χ1n) is 7.36. The molecule has 0 amide bonds. The lowest BCUT2D eigenvalue weighted by molar-refractivity contribution is 0.119. The van der Waals surface area contributed by atoms with Crippen molar-refractivity contribution < 1.29 is 5.11 Å². The Balaban J connectivity index is 2.54. The zero-order valence-electron chi connectivity index (χ0n) is 12.9. The fourth-order valence-electron chi connectivity index (χ4n) is 2.91. The third kappa shape index (κ3) is 4.52. The number of aliphatic hydroxyl groups excluding tert-OH is 1. The Kier molecular flexibility index (Phi) is 5.63. The predicted molar refractivity (Wildman–Crippen MR) is 77.8 cm³/mol. The van der Waals surface area contributed by atoms with Crippen molar-refractivity contribution in [2.75, 3.05) is 26.7 Å². The smallest absolute Gasteiger partial charge is 0.0611 e. The van der Waals surface area contributed by atoms with Crippen LogP contribution in [0.5, 0.6) is 0 Å². The van der Waals surface area contributed by atoms with E-state index in [0.717, 1.165) is 6.42 Å². The highest BCUT2D eigenvalue weighted by molar-refractivity contribution is 4.87. The molecule has 1 fully saturated rings. The molecular weight excluding hydrogens is 224 g/mol. The predicted octanol–water partition coefficient (Wildman–Crippen LogP) is 2.25. The van der Waals surface area contributed by atoms with Gasteiger partial charge < -0.3 is 15.3 Å². The summed E-state index contributed by atoms with van der Waals surface area (Å²) in [5, 5.41) is 12.7. The van der Waals surface area contributed by atoms with Crippen molar-refractivity contribution in [2.24, 2.45) is 5.41 Å². The lowest BCUT2D eigenvalue weighted by Gasteiger charge is -2.36. The van der Waals surface area contributed by atoms with E-state index in [-0.39, 0.29) is 12.1 Å². The van der Waals surface area contributed by atoms with Crippen LogP contribution in [-0.4, -0.2) is 48.3 Å². The Hall–Kier alpha value is -0.120. The summed E-state index contributed by atoms with van der Waals surface area (Å²) in [5.41, 5.74) is 0.346. The maximum atomic E-state index is 9.49. The number of likely N-dealkylation sites (tertiary alicyclic amines) is 1. The van der Waals surface area contributed by atoms with Gasteiger partial charge in [0.15, 0.2) is 0 Å². The third-order valence-electron chi connectivity index (χ3n) is 4.70. The van der Waals surface area contributed by atoms with Gasteiger partial charge >= 0.3 is 0 Å². The van der Waals surface area contributed by atoms with E-state index in [4.69, 9.17) is 0 Å². The Morgan fingerprint density at radius 2 is 2.00 bits per heavy atom. The molecule has 18 heavy (non-hydrogen) atoms. The molecule has 1 aliphatic heterocycles. The average Bonchev–Trinajstić information content (AvgIpc) is 2.50. The van der Waals surface area contributed by atoms with Crippen molar-refractivity contribution in [1.82, 2.24) is 10.2 Å². The maximum Gasteiger partial charge on any atom is 0.0611 e. The van der Waals surface area contributed by atoms with Gasteiger partial charge in [-0.25, -0.2) is 0 Å². The first-order chi connectivity index (χ1) is 8.32. The van der Waals surface area contributed by atoms with Crippen LogP contribution >= 0.6 is 0 Å². The van der Waals surface area contributed by atoms with E-state index in [1.807, 2.05) is 7.05 Å². The van der Waals surface area contributed by atoms with Gasteiger partial charge in [-0.3, -0.25) is 0 Å². The number of hydrogen-bond acceptors (Lipinski definition) is 3. The van der Waals surface area contributed by atoms with E-state index in [0.29, 0.717) is 11.5 Å². The van der Waals surface area contributed by atoms with Gasteiger partial charge in [0.25, 0.3) is 0 Å². The van der Waals surface area contributed by atoms with Gasteiger partial charge in [0.1, 0.15) is 0 Å². The summed E-state index contributed by atoms with van der Waals surface area (Å²) in [5.74, 6) is 0. The van der Waals surface area contributed by atoms with Crippen LogP contribution < -0.4 is 5.32 Å². The average molecular weight is 256 g/mol. The number of nitrogens with one attached hydrogen (secondary N) is 1. The Morgan fingerprint density at radius 3 is 2.56 bits per heavy atom. The molecule has 0 saturated carbocycles. The minimum atomic E-state index is -0.152. The van der Waals surface area contributed by atoms with Crippen molar-refractivity contribution in [3.05, 3.63) is 0 Å². The van der Waals surface area contributed by atoms with Crippen molar-refractivity contribution >= 4 is 0 Å². The van der Waals surface area contributed by atoms with Gasteiger partial charge in [0, 0.05) is 11.6 Å². The van der Waals surface area contributed by atoms with Gasteiger partial charge in [-0.05, 0) is 65.1 Å². The molecule has 3 heteroatoms. The lowest BCUT2D eigenvalue weighted by atomic mass is 9.85. The number of aliphatic hydroxyl groups is 1. The Labute approximate surface area is 113 Å². The van der Waals surface area contributed by atoms with Gasteiger partial charge in [-0.1, -0.05) is 13.8 Å². The molecule has 3 nitrogen and oxygen atoms in total. The highest BCUT2D eigenvalue weighted by atomic mass is 16.3. The van der Waals surface area contributed by atoms with E-state index in [1.165, 1.54) is 32.4 Å². The maximum absolute atomic E-state index is 9.49. The summed E-state index contributed by atoms with van der Waals surface area (Å²) < 4.78 is 0. The van der Waals surface area contributed by atoms with Crippen LogP contribution in [0, 0.1) is 5.41 Å². The highest BCUT2D eigenvalue weighted by Gasteiger charge is 2.29. The summed E-state index contributed by atoms with van der Waals surface area (Å²) in [7, 11) is 1.94. The third-order valence-corrected chi connectivity index (χ3v) is 4.70. The summed E-state index contributed by atoms with van der Waals surface area (Å²) in [4.78, 5) is 2.60. The van der Waals surface area contributed by atoms with Gasteiger partial charge in [-0.15, -0.1) is 0 Å². The van der Waals surface area contributed by atoms with Gasteiger partial charge in [0.2, 0.25) is 0 Å². The van der Waals surface area contributed by atoms with Crippen LogP contribution in [0.2, 0.25) is 0 Å². The second-order valence-electron chi connectivity index (χ2n) is 7.08. The van der Waals surface area contributed by atoms with Crippen LogP contribution in [0.15, 0.2) is 0 Å². The monoisotopic (exact) mass is 256 g/mol. The number of likely N-dealkylation sites (N-methyl/N-ethyl adjacent to an activating group) is 1. The zero-order valence-corrected chi connectivity index (χ0v) is 12.9. The molecule has 0 spiro atoms. The van der Waals surface area contributed by atoms with Crippen LogP contribution in [-0.2, 0) is 0 Å². The highest BCUT2D eigenvalue weighted by Crippen LogP contribution is 2.31. The normalized spacial score (nSPS) is 26.3. The molecule has 108 valence electrons. The van der Waals surface area contributed by atoms with E-state index < -0.39 is 0 Å². The zero-order chi connectivity index (χ0) is 13.8. The molecule has 1 aliphatic rings. The molecule has 0 radical (unpaired) electrons. The summed E-state index contributed by atoms with van der Waals surface area (Å²) >= 11 is 0. The molecule has 0 aromatic rings. The molecule has 1 saturated heterocycles. The summed E-state index contributed by atoms with van der Waals surface area (Å²) in [6.45, 7) is 11.8. The second kappa shape index (κ2) is 6.36. The molecule has 2 atom stereocenters. The molecular formula is C15H32N2O. The van der Waals surface area contributed by atoms with E-state index in [1.54, 1.807) is 0 Å². The van der Waals surface area contributed by atoms with Crippen LogP contribution in [0.3, 0.4) is 0 Å². The number of nitrogens with zero attached hydrogens (tertiary/aromatic N) is 1. The molecule has 1 heterocycles. The second-order valence-corrected chi connectivity index (χ2v) is 7.08. The standard InChI is InChI=1S/C15H32N2O/c1-13(11-15(4,12-18)16-5)17-9-6-7-14(2,3)8-10-17/h13,16,18H,6-12H2,1-5H3. The van der Waals surface area contributed by atoms with Crippen molar-refractivity contribution in [3.8, 4) is 0 Å².